The maximum atomic E-state index is 11.8. The monoisotopic (exact) mass is 246 g/mol. The molecule has 6 heteroatoms. The third-order valence-corrected chi connectivity index (χ3v) is 2.50. The second kappa shape index (κ2) is 4.79. The van der Waals surface area contributed by atoms with Gasteiger partial charge in [0.25, 0.3) is 5.91 Å². The van der Waals surface area contributed by atoms with Crippen molar-refractivity contribution < 1.29 is 19.5 Å². The molecule has 0 atom stereocenters. The zero-order valence-electron chi connectivity index (χ0n) is 9.37. The lowest BCUT2D eigenvalue weighted by Crippen LogP contribution is -2.34. The Morgan fingerprint density at radius 2 is 2.06 bits per heavy atom. The first kappa shape index (κ1) is 12.0. The van der Waals surface area contributed by atoms with Gasteiger partial charge in [-0.15, -0.1) is 0 Å². The maximum absolute atomic E-state index is 11.8. The van der Waals surface area contributed by atoms with Crippen LogP contribution in [-0.4, -0.2) is 39.3 Å². The summed E-state index contributed by atoms with van der Waals surface area (Å²) in [7, 11) is 0. The molecule has 1 aromatic rings. The second-order valence-electron chi connectivity index (χ2n) is 3.81. The highest BCUT2D eigenvalue weighted by Crippen LogP contribution is 2.20. The van der Waals surface area contributed by atoms with Gasteiger partial charge >= 0.3 is 5.97 Å². The van der Waals surface area contributed by atoms with E-state index in [2.05, 4.69) is 4.98 Å². The van der Waals surface area contributed by atoms with Crippen LogP contribution in [0.5, 0.6) is 0 Å². The van der Waals surface area contributed by atoms with Gasteiger partial charge in [-0.25, -0.2) is 0 Å². The fraction of sp³-hybridized carbons (Fsp3) is 0.167. The van der Waals surface area contributed by atoms with Crippen molar-refractivity contribution in [3.05, 3.63) is 35.7 Å². The van der Waals surface area contributed by atoms with Crippen LogP contribution in [0.25, 0.3) is 6.08 Å². The Balaban J connectivity index is 2.23. The fourth-order valence-corrected chi connectivity index (χ4v) is 1.69. The van der Waals surface area contributed by atoms with Gasteiger partial charge in [0.15, 0.2) is 0 Å². The van der Waals surface area contributed by atoms with Crippen molar-refractivity contribution in [2.24, 2.45) is 0 Å². The van der Waals surface area contributed by atoms with Gasteiger partial charge in [-0.2, -0.15) is 0 Å². The Labute approximate surface area is 103 Å². The molecule has 0 aromatic carbocycles. The summed E-state index contributed by atoms with van der Waals surface area (Å²) in [5, 5.41) is 8.61. The molecule has 2 rings (SSSR count). The molecule has 6 nitrogen and oxygen atoms in total. The summed E-state index contributed by atoms with van der Waals surface area (Å²) in [6.07, 6.45) is 4.66. The number of amides is 2. The molecular formula is C12H10N2O4. The Morgan fingerprint density at radius 1 is 1.39 bits per heavy atom. The number of aliphatic carboxylic acids is 1. The first-order valence-electron chi connectivity index (χ1n) is 5.25. The molecule has 1 saturated heterocycles. The number of pyridine rings is 1. The molecule has 0 spiro atoms. The van der Waals surface area contributed by atoms with Crippen LogP contribution in [0.15, 0.2) is 30.1 Å². The third-order valence-electron chi connectivity index (χ3n) is 2.50. The van der Waals surface area contributed by atoms with E-state index in [9.17, 15) is 14.4 Å². The normalized spacial score (nSPS) is 17.6. The predicted octanol–water partition coefficient (Wildman–Crippen LogP) is 0.309. The number of carboxylic acid groups (broad SMARTS) is 1. The van der Waals surface area contributed by atoms with Gasteiger partial charge < -0.3 is 5.11 Å². The quantitative estimate of drug-likeness (QED) is 0.612. The van der Waals surface area contributed by atoms with E-state index in [-0.39, 0.29) is 6.42 Å². The lowest BCUT2D eigenvalue weighted by Gasteiger charge is -2.08. The fourth-order valence-electron chi connectivity index (χ4n) is 1.69. The molecule has 92 valence electrons. The highest BCUT2D eigenvalue weighted by molar-refractivity contribution is 6.16. The first-order chi connectivity index (χ1) is 8.58. The van der Waals surface area contributed by atoms with E-state index < -0.39 is 24.3 Å². The van der Waals surface area contributed by atoms with Crippen LogP contribution in [0.2, 0.25) is 0 Å². The molecule has 1 fully saturated rings. The molecule has 0 aliphatic carbocycles. The summed E-state index contributed by atoms with van der Waals surface area (Å²) >= 11 is 0. The molecule has 1 N–H and O–H groups in total. The largest absolute Gasteiger partial charge is 0.480 e. The number of carbonyl (C=O) groups excluding carboxylic acids is 2. The van der Waals surface area contributed by atoms with E-state index in [1.807, 2.05) is 0 Å². The molecular weight excluding hydrogens is 236 g/mol. The first-order valence-corrected chi connectivity index (χ1v) is 5.25. The number of imide groups is 1. The molecule has 1 aromatic heterocycles. The van der Waals surface area contributed by atoms with E-state index in [0.717, 1.165) is 10.5 Å². The average molecular weight is 246 g/mol. The Morgan fingerprint density at radius 3 is 2.67 bits per heavy atom. The minimum atomic E-state index is -1.21. The minimum absolute atomic E-state index is 0.0611. The summed E-state index contributed by atoms with van der Waals surface area (Å²) < 4.78 is 0. The number of carbonyl (C=O) groups is 3. The molecule has 2 heterocycles. The zero-order chi connectivity index (χ0) is 13.1. The van der Waals surface area contributed by atoms with E-state index >= 15 is 0 Å². The molecule has 1 aliphatic rings. The number of carboxylic acids is 1. The van der Waals surface area contributed by atoms with Crippen molar-refractivity contribution in [1.29, 1.82) is 0 Å². The molecule has 2 amide bonds. The number of hydrogen-bond donors (Lipinski definition) is 1. The van der Waals surface area contributed by atoms with E-state index in [4.69, 9.17) is 5.11 Å². The van der Waals surface area contributed by atoms with Crippen LogP contribution in [0.3, 0.4) is 0 Å². The average Bonchev–Trinajstić information content (AvgIpc) is 2.58. The van der Waals surface area contributed by atoms with E-state index in [1.54, 1.807) is 30.6 Å². The van der Waals surface area contributed by atoms with Crippen LogP contribution in [0.4, 0.5) is 0 Å². The summed E-state index contributed by atoms with van der Waals surface area (Å²) in [6, 6.07) is 3.40. The summed E-state index contributed by atoms with van der Waals surface area (Å²) in [6.45, 7) is -0.592. The molecule has 0 radical (unpaired) electrons. The lowest BCUT2D eigenvalue weighted by atomic mass is 10.1. The smallest absolute Gasteiger partial charge is 0.323 e. The van der Waals surface area contributed by atoms with Gasteiger partial charge in [-0.05, 0) is 23.8 Å². The van der Waals surface area contributed by atoms with Gasteiger partial charge in [0.05, 0.1) is 6.42 Å². The molecule has 0 bridgehead atoms. The SMILES string of the molecule is O=C(O)CN1C(=O)C/C(=C\c2ccncc2)C1=O. The molecule has 1 aliphatic heterocycles. The second-order valence-corrected chi connectivity index (χ2v) is 3.81. The number of likely N-dealkylation sites (tertiary alicyclic amines) is 1. The van der Waals surface area contributed by atoms with Crippen LogP contribution in [0, 0.1) is 0 Å². The van der Waals surface area contributed by atoms with E-state index in [1.165, 1.54) is 0 Å². The van der Waals surface area contributed by atoms with Crippen molar-refractivity contribution in [2.75, 3.05) is 6.54 Å². The van der Waals surface area contributed by atoms with Gasteiger partial charge in [0.1, 0.15) is 6.54 Å². The van der Waals surface area contributed by atoms with Crippen LogP contribution in [0.1, 0.15) is 12.0 Å². The van der Waals surface area contributed by atoms with Crippen molar-refractivity contribution >= 4 is 23.9 Å². The highest BCUT2D eigenvalue weighted by Gasteiger charge is 2.34. The predicted molar refractivity (Wildman–Crippen MR) is 61.2 cm³/mol. The van der Waals surface area contributed by atoms with Gasteiger partial charge in [-0.3, -0.25) is 24.3 Å². The number of rotatable bonds is 3. The summed E-state index contributed by atoms with van der Waals surface area (Å²) in [4.78, 5) is 38.4. The summed E-state index contributed by atoms with van der Waals surface area (Å²) in [5.74, 6) is -2.23. The summed E-state index contributed by atoms with van der Waals surface area (Å²) in [5.41, 5.74) is 1.05. The number of hydrogen-bond acceptors (Lipinski definition) is 4. The maximum Gasteiger partial charge on any atom is 0.323 e. The van der Waals surface area contributed by atoms with Crippen molar-refractivity contribution in [3.63, 3.8) is 0 Å². The zero-order valence-corrected chi connectivity index (χ0v) is 9.37. The van der Waals surface area contributed by atoms with Crippen LogP contribution < -0.4 is 0 Å². The number of nitrogens with zero attached hydrogens (tertiary/aromatic N) is 2. The third kappa shape index (κ3) is 2.42. The van der Waals surface area contributed by atoms with Crippen LogP contribution >= 0.6 is 0 Å². The topological polar surface area (TPSA) is 87.6 Å². The van der Waals surface area contributed by atoms with Gasteiger partial charge in [-0.1, -0.05) is 0 Å². The minimum Gasteiger partial charge on any atom is -0.480 e. The van der Waals surface area contributed by atoms with Crippen molar-refractivity contribution in [3.8, 4) is 0 Å². The standard InChI is InChI=1S/C12H10N2O4/c15-10-6-9(5-8-1-3-13-4-2-8)12(18)14(10)7-11(16)17/h1-5H,6-7H2,(H,16,17)/b9-5+. The van der Waals surface area contributed by atoms with Gasteiger partial charge in [0.2, 0.25) is 5.91 Å². The lowest BCUT2D eigenvalue weighted by molar-refractivity contribution is -0.148. The van der Waals surface area contributed by atoms with Gasteiger partial charge in [0, 0.05) is 18.0 Å². The molecule has 0 unspecified atom stereocenters. The molecule has 18 heavy (non-hydrogen) atoms. The molecule has 0 saturated carbocycles. The Kier molecular flexibility index (Phi) is 3.18. The highest BCUT2D eigenvalue weighted by atomic mass is 16.4. The Hall–Kier alpha value is -2.50. The van der Waals surface area contributed by atoms with Crippen molar-refractivity contribution in [2.45, 2.75) is 6.42 Å². The van der Waals surface area contributed by atoms with Crippen molar-refractivity contribution in [1.82, 2.24) is 9.88 Å². The van der Waals surface area contributed by atoms with Crippen LogP contribution in [-0.2, 0) is 14.4 Å². The number of aromatic nitrogens is 1. The van der Waals surface area contributed by atoms with E-state index in [0.29, 0.717) is 5.57 Å². The Bertz CT molecular complexity index is 536.